The highest BCUT2D eigenvalue weighted by Gasteiger charge is 2.14. The molecule has 0 fully saturated rings. The monoisotopic (exact) mass is 363 g/mol. The second-order valence-electron chi connectivity index (χ2n) is 8.59. The smallest absolute Gasteiger partial charge is 0.336 e. The molecule has 0 aliphatic heterocycles. The second-order valence-corrected chi connectivity index (χ2v) is 8.59. The van der Waals surface area contributed by atoms with Crippen molar-refractivity contribution in [2.45, 2.75) is 53.1 Å². The first-order chi connectivity index (χ1) is 12.6. The standard InChI is InChI=1S/C24H29NO2/c1-16-7-12-21-19(13-22(26)27-23(21)17(16)2)15-25(6)14-18-8-10-20(11-9-18)24(3,4)5/h7-13H,14-15H2,1-6H3. The van der Waals surface area contributed by atoms with Crippen molar-refractivity contribution in [3.63, 3.8) is 0 Å². The van der Waals surface area contributed by atoms with Gasteiger partial charge in [-0.2, -0.15) is 0 Å². The molecule has 3 rings (SSSR count). The number of rotatable bonds is 4. The zero-order valence-corrected chi connectivity index (χ0v) is 17.2. The largest absolute Gasteiger partial charge is 0.422 e. The lowest BCUT2D eigenvalue weighted by atomic mass is 9.87. The van der Waals surface area contributed by atoms with Crippen LogP contribution in [0.1, 0.15) is 48.6 Å². The zero-order chi connectivity index (χ0) is 19.8. The normalized spacial score (nSPS) is 12.1. The SMILES string of the molecule is Cc1ccc2c(CN(C)Cc3ccc(C(C)(C)C)cc3)cc(=O)oc2c1C. The number of benzene rings is 2. The highest BCUT2D eigenvalue weighted by atomic mass is 16.4. The Morgan fingerprint density at radius 1 is 0.963 bits per heavy atom. The molecule has 3 nitrogen and oxygen atoms in total. The maximum Gasteiger partial charge on any atom is 0.336 e. The molecule has 0 bridgehead atoms. The van der Waals surface area contributed by atoms with Gasteiger partial charge in [0.25, 0.3) is 0 Å². The first kappa shape index (κ1) is 19.4. The van der Waals surface area contributed by atoms with Crippen LogP contribution in [-0.2, 0) is 18.5 Å². The molecule has 0 radical (unpaired) electrons. The molecule has 27 heavy (non-hydrogen) atoms. The molecule has 1 heterocycles. The summed E-state index contributed by atoms with van der Waals surface area (Å²) in [7, 11) is 2.08. The lowest BCUT2D eigenvalue weighted by Gasteiger charge is -2.21. The van der Waals surface area contributed by atoms with Crippen LogP contribution < -0.4 is 5.63 Å². The molecule has 0 amide bonds. The molecule has 0 spiro atoms. The third-order valence-electron chi connectivity index (χ3n) is 5.23. The van der Waals surface area contributed by atoms with Crippen LogP contribution in [-0.4, -0.2) is 11.9 Å². The van der Waals surface area contributed by atoms with Crippen LogP contribution in [0.2, 0.25) is 0 Å². The van der Waals surface area contributed by atoms with Gasteiger partial charge in [0, 0.05) is 24.5 Å². The molecule has 3 aromatic rings. The molecule has 1 aromatic heterocycles. The lowest BCUT2D eigenvalue weighted by Crippen LogP contribution is -2.19. The number of hydrogen-bond donors (Lipinski definition) is 0. The Morgan fingerprint density at radius 2 is 1.63 bits per heavy atom. The molecule has 0 saturated carbocycles. The Hall–Kier alpha value is -2.39. The average Bonchev–Trinajstić information content (AvgIpc) is 2.58. The van der Waals surface area contributed by atoms with Crippen LogP contribution in [0.4, 0.5) is 0 Å². The minimum atomic E-state index is -0.283. The van der Waals surface area contributed by atoms with Gasteiger partial charge in [-0.25, -0.2) is 4.79 Å². The van der Waals surface area contributed by atoms with Gasteiger partial charge in [-0.05, 0) is 54.1 Å². The summed E-state index contributed by atoms with van der Waals surface area (Å²) in [6.07, 6.45) is 0. The third-order valence-corrected chi connectivity index (χ3v) is 5.23. The first-order valence-corrected chi connectivity index (χ1v) is 9.46. The van der Waals surface area contributed by atoms with E-state index in [-0.39, 0.29) is 11.0 Å². The second kappa shape index (κ2) is 7.32. The van der Waals surface area contributed by atoms with E-state index in [4.69, 9.17) is 4.42 Å². The number of nitrogens with zero attached hydrogens (tertiary/aromatic N) is 1. The number of hydrogen-bond acceptors (Lipinski definition) is 3. The van der Waals surface area contributed by atoms with Gasteiger partial charge in [0.05, 0.1) is 0 Å². The van der Waals surface area contributed by atoms with Gasteiger partial charge in [0.15, 0.2) is 0 Å². The third kappa shape index (κ3) is 4.30. The molecule has 0 unspecified atom stereocenters. The van der Waals surface area contributed by atoms with Crippen molar-refractivity contribution in [1.29, 1.82) is 0 Å². The van der Waals surface area contributed by atoms with E-state index >= 15 is 0 Å². The molecule has 0 saturated heterocycles. The Balaban J connectivity index is 1.83. The summed E-state index contributed by atoms with van der Waals surface area (Å²) < 4.78 is 5.48. The van der Waals surface area contributed by atoms with Crippen molar-refractivity contribution >= 4 is 11.0 Å². The Kier molecular flexibility index (Phi) is 5.25. The van der Waals surface area contributed by atoms with Gasteiger partial charge in [-0.1, -0.05) is 57.2 Å². The first-order valence-electron chi connectivity index (χ1n) is 9.46. The molecular weight excluding hydrogens is 334 g/mol. The van der Waals surface area contributed by atoms with Gasteiger partial charge in [0.1, 0.15) is 5.58 Å². The minimum Gasteiger partial charge on any atom is -0.422 e. The molecule has 0 atom stereocenters. The fourth-order valence-corrected chi connectivity index (χ4v) is 3.42. The van der Waals surface area contributed by atoms with Crippen LogP contribution in [0.15, 0.2) is 51.7 Å². The van der Waals surface area contributed by atoms with E-state index in [1.165, 1.54) is 11.1 Å². The Labute approximate surface area is 161 Å². The summed E-state index contributed by atoms with van der Waals surface area (Å²) in [6.45, 7) is 12.3. The van der Waals surface area contributed by atoms with Crippen molar-refractivity contribution in [2.24, 2.45) is 0 Å². The van der Waals surface area contributed by atoms with Gasteiger partial charge in [0.2, 0.25) is 0 Å². The van der Waals surface area contributed by atoms with Crippen LogP contribution in [0.3, 0.4) is 0 Å². The van der Waals surface area contributed by atoms with Crippen molar-refractivity contribution < 1.29 is 4.42 Å². The quantitative estimate of drug-likeness (QED) is 0.587. The van der Waals surface area contributed by atoms with Crippen LogP contribution in [0, 0.1) is 13.8 Å². The molecule has 3 heteroatoms. The van der Waals surface area contributed by atoms with Gasteiger partial charge in [-0.15, -0.1) is 0 Å². The summed E-state index contributed by atoms with van der Waals surface area (Å²) >= 11 is 0. The number of fused-ring (bicyclic) bond motifs is 1. The highest BCUT2D eigenvalue weighted by Crippen LogP contribution is 2.25. The topological polar surface area (TPSA) is 33.5 Å². The van der Waals surface area contributed by atoms with E-state index in [0.717, 1.165) is 28.6 Å². The summed E-state index contributed by atoms with van der Waals surface area (Å²) in [6, 6.07) is 14.6. The molecular formula is C24H29NO2. The van der Waals surface area contributed by atoms with Crippen molar-refractivity contribution in [1.82, 2.24) is 4.90 Å². The highest BCUT2D eigenvalue weighted by molar-refractivity contribution is 5.83. The maximum atomic E-state index is 12.1. The van der Waals surface area contributed by atoms with E-state index in [1.54, 1.807) is 6.07 Å². The summed E-state index contributed by atoms with van der Waals surface area (Å²) in [5, 5.41) is 1.02. The number of aryl methyl sites for hydroxylation is 2. The van der Waals surface area contributed by atoms with Crippen molar-refractivity contribution in [3.8, 4) is 0 Å². The summed E-state index contributed by atoms with van der Waals surface area (Å²) in [4.78, 5) is 14.3. The van der Waals surface area contributed by atoms with Crippen LogP contribution >= 0.6 is 0 Å². The fraction of sp³-hybridized carbons (Fsp3) is 0.375. The molecule has 142 valence electrons. The molecule has 0 aliphatic rings. The minimum absolute atomic E-state index is 0.164. The summed E-state index contributed by atoms with van der Waals surface area (Å²) in [5.74, 6) is 0. The van der Waals surface area contributed by atoms with Gasteiger partial charge >= 0.3 is 5.63 Å². The van der Waals surface area contributed by atoms with Crippen molar-refractivity contribution in [2.75, 3.05) is 7.05 Å². The summed E-state index contributed by atoms with van der Waals surface area (Å²) in [5.41, 5.74) is 6.38. The van der Waals surface area contributed by atoms with Gasteiger partial charge in [-0.3, -0.25) is 4.90 Å². The predicted octanol–water partition coefficient (Wildman–Crippen LogP) is 5.34. The maximum absolute atomic E-state index is 12.1. The van der Waals surface area contributed by atoms with E-state index in [9.17, 15) is 4.79 Å². The van der Waals surface area contributed by atoms with Crippen molar-refractivity contribution in [3.05, 3.63) is 80.7 Å². The lowest BCUT2D eigenvalue weighted by molar-refractivity contribution is 0.319. The zero-order valence-electron chi connectivity index (χ0n) is 17.2. The van der Waals surface area contributed by atoms with Crippen LogP contribution in [0.25, 0.3) is 11.0 Å². The van der Waals surface area contributed by atoms with Gasteiger partial charge < -0.3 is 4.42 Å². The Bertz CT molecular complexity index is 1010. The van der Waals surface area contributed by atoms with E-state index in [1.807, 2.05) is 13.8 Å². The molecule has 0 aliphatic carbocycles. The predicted molar refractivity (Wildman–Crippen MR) is 112 cm³/mol. The van der Waals surface area contributed by atoms with E-state index in [0.29, 0.717) is 12.1 Å². The fourth-order valence-electron chi connectivity index (χ4n) is 3.42. The van der Waals surface area contributed by atoms with E-state index in [2.05, 4.69) is 69.1 Å². The Morgan fingerprint density at radius 3 is 2.26 bits per heavy atom. The van der Waals surface area contributed by atoms with Crippen LogP contribution in [0.5, 0.6) is 0 Å². The molecule has 2 aromatic carbocycles. The molecule has 0 N–H and O–H groups in total. The average molecular weight is 364 g/mol. The van der Waals surface area contributed by atoms with E-state index < -0.39 is 0 Å².